The zero-order valence-corrected chi connectivity index (χ0v) is 14.9. The van der Waals surface area contributed by atoms with Crippen LogP contribution in [0.1, 0.15) is 40.2 Å². The summed E-state index contributed by atoms with van der Waals surface area (Å²) in [6.45, 7) is 7.40. The number of fused-ring (bicyclic) bond motifs is 1. The van der Waals surface area contributed by atoms with Gasteiger partial charge in [-0.25, -0.2) is 4.79 Å². The van der Waals surface area contributed by atoms with Crippen LogP contribution in [0.25, 0.3) is 10.2 Å². The summed E-state index contributed by atoms with van der Waals surface area (Å²) in [4.78, 5) is 29.3. The predicted octanol–water partition coefficient (Wildman–Crippen LogP) is 3.30. The molecule has 2 aromatic rings. The molecule has 6 heteroatoms. The number of hydrogen-bond acceptors (Lipinski definition) is 4. The third-order valence-corrected chi connectivity index (χ3v) is 4.58. The Kier molecular flexibility index (Phi) is 5.04. The van der Waals surface area contributed by atoms with Crippen molar-refractivity contribution in [2.24, 2.45) is 10.4 Å². The van der Waals surface area contributed by atoms with E-state index in [1.807, 2.05) is 56.5 Å². The highest BCUT2D eigenvalue weighted by Gasteiger charge is 2.25. The van der Waals surface area contributed by atoms with Crippen LogP contribution >= 0.6 is 11.3 Å². The minimum absolute atomic E-state index is 0.211. The van der Waals surface area contributed by atoms with E-state index >= 15 is 0 Å². The number of thiazole rings is 1. The number of carbonyl (C=O) groups is 2. The van der Waals surface area contributed by atoms with Crippen molar-refractivity contribution < 1.29 is 14.3 Å². The molecular formula is C17H22N2O3S. The van der Waals surface area contributed by atoms with Crippen LogP contribution in [0.5, 0.6) is 0 Å². The predicted molar refractivity (Wildman–Crippen MR) is 91.2 cm³/mol. The third-order valence-electron chi connectivity index (χ3n) is 3.54. The maximum atomic E-state index is 12.3. The normalized spacial score (nSPS) is 14.0. The van der Waals surface area contributed by atoms with Gasteiger partial charge in [0.05, 0.1) is 17.3 Å². The van der Waals surface area contributed by atoms with Gasteiger partial charge in [0.2, 0.25) is 0 Å². The van der Waals surface area contributed by atoms with Gasteiger partial charge in [0.15, 0.2) is 4.80 Å². The molecule has 2 rings (SSSR count). The minimum Gasteiger partial charge on any atom is -0.467 e. The van der Waals surface area contributed by atoms with Crippen LogP contribution in [0.15, 0.2) is 29.3 Å². The Balaban J connectivity index is 2.75. The highest BCUT2D eigenvalue weighted by molar-refractivity contribution is 7.16. The Labute approximate surface area is 139 Å². The van der Waals surface area contributed by atoms with Gasteiger partial charge in [-0.1, -0.05) is 51.2 Å². The van der Waals surface area contributed by atoms with Crippen molar-refractivity contribution in [1.82, 2.24) is 4.57 Å². The van der Waals surface area contributed by atoms with Gasteiger partial charge in [0.1, 0.15) is 6.04 Å². The van der Waals surface area contributed by atoms with Crippen molar-refractivity contribution in [2.75, 3.05) is 7.11 Å². The molecule has 1 aromatic heterocycles. The lowest BCUT2D eigenvalue weighted by Gasteiger charge is -2.16. The van der Waals surface area contributed by atoms with Gasteiger partial charge < -0.3 is 9.30 Å². The summed E-state index contributed by atoms with van der Waals surface area (Å²) < 4.78 is 7.72. The van der Waals surface area contributed by atoms with E-state index in [1.54, 1.807) is 0 Å². The van der Waals surface area contributed by atoms with Crippen LogP contribution < -0.4 is 4.80 Å². The molecule has 0 aliphatic rings. The largest absolute Gasteiger partial charge is 0.467 e. The number of hydrogen-bond donors (Lipinski definition) is 0. The molecule has 0 spiro atoms. The summed E-state index contributed by atoms with van der Waals surface area (Å²) in [6, 6.07) is 7.23. The van der Waals surface area contributed by atoms with Crippen LogP contribution in [0.4, 0.5) is 0 Å². The number of amides is 1. The molecule has 0 fully saturated rings. The van der Waals surface area contributed by atoms with Crippen LogP contribution in [-0.4, -0.2) is 23.6 Å². The first-order valence-corrected chi connectivity index (χ1v) is 8.38. The van der Waals surface area contributed by atoms with Crippen molar-refractivity contribution in [3.05, 3.63) is 29.1 Å². The second kappa shape index (κ2) is 6.66. The highest BCUT2D eigenvalue weighted by atomic mass is 32.1. The van der Waals surface area contributed by atoms with Crippen LogP contribution in [0.2, 0.25) is 0 Å². The smallest absolute Gasteiger partial charge is 0.328 e. The average Bonchev–Trinajstić information content (AvgIpc) is 2.85. The molecule has 0 N–H and O–H groups in total. The number of aromatic nitrogens is 1. The average molecular weight is 334 g/mol. The number of methoxy groups -OCH3 is 1. The van der Waals surface area contributed by atoms with Gasteiger partial charge >= 0.3 is 5.97 Å². The first-order chi connectivity index (χ1) is 10.8. The summed E-state index contributed by atoms with van der Waals surface area (Å²) in [5.41, 5.74) is 0.316. The summed E-state index contributed by atoms with van der Waals surface area (Å²) in [7, 11) is 1.37. The second-order valence-corrected chi connectivity index (χ2v) is 7.35. The van der Waals surface area contributed by atoms with Crippen molar-refractivity contribution in [1.29, 1.82) is 0 Å². The number of nitrogens with zero attached hydrogens (tertiary/aromatic N) is 2. The molecule has 1 amide bonds. The summed E-state index contributed by atoms with van der Waals surface area (Å²) in [5, 5.41) is 0. The number of para-hydroxylation sites is 1. The lowest BCUT2D eigenvalue weighted by atomic mass is 9.96. The van der Waals surface area contributed by atoms with Crippen molar-refractivity contribution >= 4 is 33.4 Å². The van der Waals surface area contributed by atoms with E-state index in [0.717, 1.165) is 10.2 Å². The summed E-state index contributed by atoms with van der Waals surface area (Å²) in [5.74, 6) is -0.543. The molecule has 0 radical (unpaired) electrons. The molecule has 0 aliphatic heterocycles. The third kappa shape index (κ3) is 3.52. The first kappa shape index (κ1) is 17.4. The monoisotopic (exact) mass is 334 g/mol. The molecule has 23 heavy (non-hydrogen) atoms. The van der Waals surface area contributed by atoms with Gasteiger partial charge in [-0.05, 0) is 18.6 Å². The Morgan fingerprint density at radius 3 is 2.52 bits per heavy atom. The fraction of sp³-hybridized carbons (Fsp3) is 0.471. The van der Waals surface area contributed by atoms with Gasteiger partial charge in [0.25, 0.3) is 5.91 Å². The molecule has 0 bridgehead atoms. The Morgan fingerprint density at radius 2 is 1.96 bits per heavy atom. The number of esters is 1. The Bertz CT molecular complexity index is 796. The zero-order chi connectivity index (χ0) is 17.2. The topological polar surface area (TPSA) is 60.7 Å². The van der Waals surface area contributed by atoms with Gasteiger partial charge in [-0.2, -0.15) is 4.99 Å². The van der Waals surface area contributed by atoms with Crippen LogP contribution in [0.3, 0.4) is 0 Å². The van der Waals surface area contributed by atoms with Crippen molar-refractivity contribution in [3.63, 3.8) is 0 Å². The fourth-order valence-corrected chi connectivity index (χ4v) is 3.28. The van der Waals surface area contributed by atoms with Gasteiger partial charge in [-0.15, -0.1) is 0 Å². The summed E-state index contributed by atoms with van der Waals surface area (Å²) in [6.07, 6.45) is 0.560. The molecule has 1 unspecified atom stereocenters. The molecule has 1 atom stereocenters. The van der Waals surface area contributed by atoms with Crippen LogP contribution in [0, 0.1) is 5.41 Å². The van der Waals surface area contributed by atoms with Crippen LogP contribution in [-0.2, 0) is 14.3 Å². The quantitative estimate of drug-likeness (QED) is 0.809. The number of ether oxygens (including phenoxy) is 1. The molecular weight excluding hydrogens is 312 g/mol. The van der Waals surface area contributed by atoms with E-state index in [0.29, 0.717) is 11.2 Å². The standard InChI is InChI=1S/C17H22N2O3S/c1-6-11(14(20)22-5)19-12-9-7-8-10-13(12)23-16(19)18-15(21)17(2,3)4/h7-11H,6H2,1-5H3/b18-16-. The number of carbonyl (C=O) groups excluding carboxylic acids is 2. The highest BCUT2D eigenvalue weighted by Crippen LogP contribution is 2.23. The van der Waals surface area contributed by atoms with Crippen molar-refractivity contribution in [3.8, 4) is 0 Å². The molecule has 0 saturated heterocycles. The van der Waals surface area contributed by atoms with E-state index in [-0.39, 0.29) is 11.9 Å². The molecule has 0 saturated carbocycles. The fourth-order valence-electron chi connectivity index (χ4n) is 2.22. The van der Waals surface area contributed by atoms with E-state index < -0.39 is 11.5 Å². The molecule has 1 aromatic carbocycles. The molecule has 0 aliphatic carbocycles. The minimum atomic E-state index is -0.568. The Hall–Kier alpha value is -1.95. The van der Waals surface area contributed by atoms with E-state index in [1.165, 1.54) is 18.4 Å². The molecule has 5 nitrogen and oxygen atoms in total. The molecule has 1 heterocycles. The maximum absolute atomic E-state index is 12.3. The lowest BCUT2D eigenvalue weighted by Crippen LogP contribution is -2.30. The molecule has 124 valence electrons. The Morgan fingerprint density at radius 1 is 1.30 bits per heavy atom. The summed E-state index contributed by atoms with van der Waals surface area (Å²) >= 11 is 1.41. The second-order valence-electron chi connectivity index (χ2n) is 6.34. The maximum Gasteiger partial charge on any atom is 0.328 e. The number of rotatable bonds is 3. The van der Waals surface area contributed by atoms with Crippen molar-refractivity contribution in [2.45, 2.75) is 40.2 Å². The zero-order valence-electron chi connectivity index (χ0n) is 14.1. The van der Waals surface area contributed by atoms with Gasteiger partial charge in [0, 0.05) is 5.41 Å². The van der Waals surface area contributed by atoms with E-state index in [9.17, 15) is 9.59 Å². The van der Waals surface area contributed by atoms with E-state index in [2.05, 4.69) is 4.99 Å². The van der Waals surface area contributed by atoms with Gasteiger partial charge in [-0.3, -0.25) is 4.79 Å². The lowest BCUT2D eigenvalue weighted by molar-refractivity contribution is -0.144. The SMILES string of the molecule is CCC(C(=O)OC)n1/c(=N/C(=O)C(C)(C)C)sc2ccccc21. The first-order valence-electron chi connectivity index (χ1n) is 7.56. The number of benzene rings is 1. The van der Waals surface area contributed by atoms with E-state index in [4.69, 9.17) is 4.74 Å².